The normalized spacial score (nSPS) is 10.8. The summed E-state index contributed by atoms with van der Waals surface area (Å²) in [7, 11) is 0. The van der Waals surface area contributed by atoms with Gasteiger partial charge in [-0.05, 0) is 6.07 Å². The predicted octanol–water partition coefficient (Wildman–Crippen LogP) is 2.68. The van der Waals surface area contributed by atoms with Crippen LogP contribution in [0.2, 0.25) is 0 Å². The molecule has 110 valence electrons. The highest BCUT2D eigenvalue weighted by Crippen LogP contribution is 2.30. The Morgan fingerprint density at radius 1 is 1.36 bits per heavy atom. The molecule has 0 aliphatic rings. The highest BCUT2D eigenvalue weighted by atomic mass is 19.3. The number of nitrogen functional groups attached to an aromatic ring is 1. The maximum atomic E-state index is 12.3. The summed E-state index contributed by atoms with van der Waals surface area (Å²) in [6.07, 6.45) is 2.98. The van der Waals surface area contributed by atoms with Crippen LogP contribution >= 0.6 is 0 Å². The molecule has 0 bridgehead atoms. The second kappa shape index (κ2) is 5.29. The first kappa shape index (κ1) is 13.8. The summed E-state index contributed by atoms with van der Waals surface area (Å²) in [5, 5.41) is 9.80. The minimum Gasteiger partial charge on any atom is -0.413 e. The Kier molecular flexibility index (Phi) is 3.31. The third-order valence-electron chi connectivity index (χ3n) is 3.08. The van der Waals surface area contributed by atoms with Crippen LogP contribution in [0.1, 0.15) is 5.56 Å². The smallest absolute Gasteiger partial charge is 0.388 e. The van der Waals surface area contributed by atoms with Crippen LogP contribution in [0.15, 0.2) is 30.6 Å². The van der Waals surface area contributed by atoms with Crippen LogP contribution in [0.25, 0.3) is 22.2 Å². The molecular formula is C14H9F2N5O. The first-order valence-electron chi connectivity index (χ1n) is 6.18. The van der Waals surface area contributed by atoms with Gasteiger partial charge in [0.05, 0.1) is 23.0 Å². The lowest BCUT2D eigenvalue weighted by Gasteiger charge is -2.07. The van der Waals surface area contributed by atoms with Crippen LogP contribution in [-0.2, 0) is 0 Å². The number of hydrogen-bond acceptors (Lipinski definition) is 5. The molecule has 3 N–H and O–H groups in total. The monoisotopic (exact) mass is 301 g/mol. The molecule has 0 spiro atoms. The summed E-state index contributed by atoms with van der Waals surface area (Å²) in [5.74, 6) is -0.653. The zero-order chi connectivity index (χ0) is 15.7. The molecule has 6 nitrogen and oxygen atoms in total. The summed E-state index contributed by atoms with van der Waals surface area (Å²) in [4.78, 5) is 10.8. The number of aromatic amines is 1. The van der Waals surface area contributed by atoms with Crippen molar-refractivity contribution in [3.8, 4) is 23.2 Å². The fraction of sp³-hybridized carbons (Fsp3) is 0.0714. The van der Waals surface area contributed by atoms with Crippen LogP contribution in [0.3, 0.4) is 0 Å². The van der Waals surface area contributed by atoms with Crippen molar-refractivity contribution in [3.05, 3.63) is 36.2 Å². The van der Waals surface area contributed by atoms with Crippen molar-refractivity contribution in [1.82, 2.24) is 15.0 Å². The molecule has 2 aromatic heterocycles. The van der Waals surface area contributed by atoms with E-state index in [1.54, 1.807) is 24.4 Å². The van der Waals surface area contributed by atoms with E-state index < -0.39 is 12.5 Å². The molecule has 3 aromatic rings. The van der Waals surface area contributed by atoms with Crippen molar-refractivity contribution < 1.29 is 13.5 Å². The molecule has 22 heavy (non-hydrogen) atoms. The summed E-state index contributed by atoms with van der Waals surface area (Å²) in [6.45, 7) is -3.04. The first-order chi connectivity index (χ1) is 10.6. The van der Waals surface area contributed by atoms with Gasteiger partial charge in [-0.15, -0.1) is 0 Å². The van der Waals surface area contributed by atoms with Gasteiger partial charge in [0.25, 0.3) is 5.88 Å². The summed E-state index contributed by atoms with van der Waals surface area (Å²) in [6, 6.07) is 7.25. The van der Waals surface area contributed by atoms with Crippen molar-refractivity contribution in [2.24, 2.45) is 0 Å². The molecule has 0 atom stereocenters. The molecule has 1 aromatic carbocycles. The number of anilines is 1. The number of nitrogens with two attached hydrogens (primary N) is 1. The van der Waals surface area contributed by atoms with Gasteiger partial charge in [-0.1, -0.05) is 12.1 Å². The van der Waals surface area contributed by atoms with Gasteiger partial charge >= 0.3 is 6.61 Å². The lowest BCUT2D eigenvalue weighted by Crippen LogP contribution is -2.07. The fourth-order valence-electron chi connectivity index (χ4n) is 2.14. The third-order valence-corrected chi connectivity index (χ3v) is 3.08. The summed E-state index contributed by atoms with van der Waals surface area (Å²) < 4.78 is 28.9. The Bertz CT molecular complexity index is 885. The van der Waals surface area contributed by atoms with E-state index in [0.717, 1.165) is 5.39 Å². The molecule has 2 heterocycles. The second-order valence-corrected chi connectivity index (χ2v) is 4.37. The van der Waals surface area contributed by atoms with Crippen molar-refractivity contribution in [2.45, 2.75) is 6.61 Å². The molecule has 0 aliphatic heterocycles. The fourth-order valence-corrected chi connectivity index (χ4v) is 2.14. The van der Waals surface area contributed by atoms with E-state index in [4.69, 9.17) is 11.0 Å². The number of nitrogens with one attached hydrogen (secondary N) is 1. The van der Waals surface area contributed by atoms with Crippen molar-refractivity contribution >= 4 is 16.7 Å². The molecule has 8 heteroatoms. The molecule has 0 fully saturated rings. The Morgan fingerprint density at radius 3 is 2.91 bits per heavy atom. The van der Waals surface area contributed by atoms with E-state index in [2.05, 4.69) is 25.8 Å². The number of fused-ring (bicyclic) bond motifs is 1. The minimum atomic E-state index is -3.04. The first-order valence-corrected chi connectivity index (χ1v) is 6.18. The van der Waals surface area contributed by atoms with Crippen LogP contribution in [0, 0.1) is 11.3 Å². The largest absolute Gasteiger partial charge is 0.413 e. The van der Waals surface area contributed by atoms with Crippen LogP contribution in [-0.4, -0.2) is 21.6 Å². The number of para-hydroxylation sites is 1. The lowest BCUT2D eigenvalue weighted by molar-refractivity contribution is -0.0524. The van der Waals surface area contributed by atoms with Crippen molar-refractivity contribution in [3.63, 3.8) is 0 Å². The average Bonchev–Trinajstić information content (AvgIpc) is 2.93. The topological polar surface area (TPSA) is 101 Å². The number of nitrogens with zero attached hydrogens (tertiary/aromatic N) is 3. The number of halogens is 2. The van der Waals surface area contributed by atoms with Crippen LogP contribution in [0.5, 0.6) is 5.88 Å². The van der Waals surface area contributed by atoms with Gasteiger partial charge in [-0.3, -0.25) is 0 Å². The van der Waals surface area contributed by atoms with Gasteiger partial charge in [0, 0.05) is 17.1 Å². The molecule has 0 saturated carbocycles. The van der Waals surface area contributed by atoms with E-state index in [1.807, 2.05) is 0 Å². The number of ether oxygens (including phenoxy) is 1. The molecule has 0 aliphatic carbocycles. The Balaban J connectivity index is 2.14. The van der Waals surface area contributed by atoms with Crippen molar-refractivity contribution in [1.29, 1.82) is 5.26 Å². The molecular weight excluding hydrogens is 292 g/mol. The zero-order valence-electron chi connectivity index (χ0n) is 11.0. The Labute approximate surface area is 123 Å². The lowest BCUT2D eigenvalue weighted by atomic mass is 10.1. The van der Waals surface area contributed by atoms with E-state index in [-0.39, 0.29) is 5.82 Å². The standard InChI is InChI=1S/C14H9F2N5O/c15-14(16)22-13-12(18)20-6-10(21-13)9-5-19-11-7(4-17)2-1-3-8(9)11/h1-3,5-6,14,19H,(H2,18,20). The van der Waals surface area contributed by atoms with E-state index >= 15 is 0 Å². The molecule has 0 radical (unpaired) electrons. The predicted molar refractivity (Wildman–Crippen MR) is 75.1 cm³/mol. The van der Waals surface area contributed by atoms with Crippen LogP contribution in [0.4, 0.5) is 14.6 Å². The van der Waals surface area contributed by atoms with Gasteiger partial charge in [0.1, 0.15) is 6.07 Å². The number of hydrogen-bond donors (Lipinski definition) is 2. The minimum absolute atomic E-state index is 0.221. The van der Waals surface area contributed by atoms with E-state index in [9.17, 15) is 8.78 Å². The number of benzene rings is 1. The number of rotatable bonds is 3. The third kappa shape index (κ3) is 2.29. The second-order valence-electron chi connectivity index (χ2n) is 4.37. The molecule has 0 unspecified atom stereocenters. The maximum absolute atomic E-state index is 12.3. The molecule has 0 amide bonds. The highest BCUT2D eigenvalue weighted by Gasteiger charge is 2.15. The van der Waals surface area contributed by atoms with Gasteiger partial charge in [0.15, 0.2) is 5.82 Å². The zero-order valence-corrected chi connectivity index (χ0v) is 11.0. The Hall–Kier alpha value is -3.21. The van der Waals surface area contributed by atoms with E-state index in [1.165, 1.54) is 6.20 Å². The molecule has 3 rings (SSSR count). The summed E-state index contributed by atoms with van der Waals surface area (Å²) >= 11 is 0. The summed E-state index contributed by atoms with van der Waals surface area (Å²) in [5.41, 5.74) is 7.49. The van der Waals surface area contributed by atoms with Crippen LogP contribution < -0.4 is 10.5 Å². The van der Waals surface area contributed by atoms with Gasteiger partial charge in [0.2, 0.25) is 0 Å². The number of nitriles is 1. The SMILES string of the molecule is N#Cc1cccc2c(-c3cnc(N)c(OC(F)F)n3)c[nH]c12. The average molecular weight is 301 g/mol. The number of H-pyrrole nitrogens is 1. The van der Waals surface area contributed by atoms with Gasteiger partial charge in [-0.25, -0.2) is 9.97 Å². The maximum Gasteiger partial charge on any atom is 0.388 e. The van der Waals surface area contributed by atoms with Gasteiger partial charge in [-0.2, -0.15) is 14.0 Å². The van der Waals surface area contributed by atoms with Crippen molar-refractivity contribution in [2.75, 3.05) is 5.73 Å². The quantitative estimate of drug-likeness (QED) is 0.774. The highest BCUT2D eigenvalue weighted by molar-refractivity contribution is 5.97. The van der Waals surface area contributed by atoms with Gasteiger partial charge < -0.3 is 15.5 Å². The Morgan fingerprint density at radius 2 is 2.18 bits per heavy atom. The number of alkyl halides is 2. The van der Waals surface area contributed by atoms with E-state index in [0.29, 0.717) is 22.3 Å². The molecule has 0 saturated heterocycles. The number of aromatic nitrogens is 3.